The molecule has 2 aromatic heterocycles. The van der Waals surface area contributed by atoms with Gasteiger partial charge >= 0.3 is 5.76 Å². The van der Waals surface area contributed by atoms with Crippen molar-refractivity contribution in [3.05, 3.63) is 40.2 Å². The number of H-pyrrole nitrogens is 1. The van der Waals surface area contributed by atoms with Gasteiger partial charge in [0.25, 0.3) is 5.91 Å². The quantitative estimate of drug-likeness (QED) is 0.844. The van der Waals surface area contributed by atoms with Gasteiger partial charge in [-0.15, -0.1) is 0 Å². The van der Waals surface area contributed by atoms with E-state index in [0.717, 1.165) is 18.7 Å². The van der Waals surface area contributed by atoms with Gasteiger partial charge in [0.15, 0.2) is 5.82 Å². The highest BCUT2D eigenvalue weighted by Crippen LogP contribution is 2.31. The van der Waals surface area contributed by atoms with Gasteiger partial charge < -0.3 is 5.32 Å². The van der Waals surface area contributed by atoms with E-state index in [-0.39, 0.29) is 5.91 Å². The molecule has 3 rings (SSSR count). The Hall–Kier alpha value is -2.51. The molecule has 2 aromatic rings. The highest BCUT2D eigenvalue weighted by atomic mass is 16.5. The van der Waals surface area contributed by atoms with Crippen LogP contribution in [-0.4, -0.2) is 32.6 Å². The number of amides is 1. The maximum atomic E-state index is 12.1. The minimum absolute atomic E-state index is 0.257. The summed E-state index contributed by atoms with van der Waals surface area (Å²) in [5.74, 6) is 0.671. The normalized spacial score (nSPS) is 15.1. The van der Waals surface area contributed by atoms with Gasteiger partial charge in [0.05, 0.1) is 0 Å². The van der Waals surface area contributed by atoms with Crippen molar-refractivity contribution in [3.63, 3.8) is 0 Å². The van der Waals surface area contributed by atoms with Crippen LogP contribution in [-0.2, 0) is 6.42 Å². The first kappa shape index (κ1) is 14.4. The zero-order chi connectivity index (χ0) is 15.4. The minimum Gasteiger partial charge on any atom is -0.350 e. The highest BCUT2D eigenvalue weighted by Gasteiger charge is 2.20. The molecule has 8 nitrogen and oxygen atoms in total. The Bertz CT molecular complexity index is 702. The standard InChI is InChI=1S/C14H17N5O3/c20-13(16-8-6-11-18-14(21)22-19-11)10-5-7-15-12(17-10)9-3-1-2-4-9/h5,7,9H,1-4,6,8H2,(H,16,20)(H,18,19,21). The summed E-state index contributed by atoms with van der Waals surface area (Å²) in [4.78, 5) is 33.9. The number of aromatic nitrogens is 4. The summed E-state index contributed by atoms with van der Waals surface area (Å²) < 4.78 is 4.38. The second kappa shape index (κ2) is 6.50. The van der Waals surface area contributed by atoms with E-state index in [4.69, 9.17) is 0 Å². The molecule has 116 valence electrons. The minimum atomic E-state index is -0.599. The summed E-state index contributed by atoms with van der Waals surface area (Å²) in [6, 6.07) is 1.60. The molecule has 1 saturated carbocycles. The third kappa shape index (κ3) is 3.38. The van der Waals surface area contributed by atoms with Crippen LogP contribution in [0.4, 0.5) is 0 Å². The molecule has 22 heavy (non-hydrogen) atoms. The van der Waals surface area contributed by atoms with Crippen LogP contribution in [0.25, 0.3) is 0 Å². The van der Waals surface area contributed by atoms with E-state index < -0.39 is 5.76 Å². The first-order valence-electron chi connectivity index (χ1n) is 7.38. The topological polar surface area (TPSA) is 114 Å². The van der Waals surface area contributed by atoms with Crippen LogP contribution in [0.2, 0.25) is 0 Å². The van der Waals surface area contributed by atoms with Crippen molar-refractivity contribution in [2.45, 2.75) is 38.0 Å². The van der Waals surface area contributed by atoms with Crippen molar-refractivity contribution >= 4 is 5.91 Å². The van der Waals surface area contributed by atoms with Gasteiger partial charge in [0.1, 0.15) is 11.5 Å². The van der Waals surface area contributed by atoms with Gasteiger partial charge in [0, 0.05) is 25.1 Å². The Kier molecular flexibility index (Phi) is 4.27. The number of hydrogen-bond acceptors (Lipinski definition) is 6. The summed E-state index contributed by atoms with van der Waals surface area (Å²) in [7, 11) is 0. The van der Waals surface area contributed by atoms with E-state index in [0.29, 0.717) is 30.4 Å². The van der Waals surface area contributed by atoms with Crippen molar-refractivity contribution < 1.29 is 9.32 Å². The first-order chi connectivity index (χ1) is 10.7. The Morgan fingerprint density at radius 1 is 1.41 bits per heavy atom. The molecule has 0 radical (unpaired) electrons. The first-order valence-corrected chi connectivity index (χ1v) is 7.38. The smallest absolute Gasteiger partial charge is 0.350 e. The number of nitrogens with one attached hydrogen (secondary N) is 2. The summed E-state index contributed by atoms with van der Waals surface area (Å²) in [6.07, 6.45) is 6.58. The lowest BCUT2D eigenvalue weighted by Gasteiger charge is -2.09. The fourth-order valence-electron chi connectivity index (χ4n) is 2.63. The van der Waals surface area contributed by atoms with E-state index in [9.17, 15) is 9.59 Å². The second-order valence-corrected chi connectivity index (χ2v) is 5.33. The molecule has 0 atom stereocenters. The van der Waals surface area contributed by atoms with E-state index in [1.54, 1.807) is 12.3 Å². The summed E-state index contributed by atoms with van der Waals surface area (Å²) in [5.41, 5.74) is 0.366. The van der Waals surface area contributed by atoms with Gasteiger partial charge in [0.2, 0.25) is 0 Å². The maximum Gasteiger partial charge on any atom is 0.438 e. The Balaban J connectivity index is 1.57. The molecule has 1 aliphatic carbocycles. The van der Waals surface area contributed by atoms with Gasteiger partial charge in [-0.1, -0.05) is 18.0 Å². The number of rotatable bonds is 5. The fraction of sp³-hybridized carbons (Fsp3) is 0.500. The predicted molar refractivity (Wildman–Crippen MR) is 76.4 cm³/mol. The largest absolute Gasteiger partial charge is 0.438 e. The van der Waals surface area contributed by atoms with E-state index in [1.807, 2.05) is 0 Å². The molecule has 0 unspecified atom stereocenters. The second-order valence-electron chi connectivity index (χ2n) is 5.33. The SMILES string of the molecule is O=C(NCCc1noc(=O)[nH]1)c1ccnc(C2CCCC2)n1. The molecule has 0 saturated heterocycles. The molecule has 2 N–H and O–H groups in total. The van der Waals surface area contributed by atoms with Crippen LogP contribution in [0.5, 0.6) is 0 Å². The summed E-state index contributed by atoms with van der Waals surface area (Å²) in [6.45, 7) is 0.337. The van der Waals surface area contributed by atoms with Gasteiger partial charge in [-0.2, -0.15) is 0 Å². The number of nitrogens with zero attached hydrogens (tertiary/aromatic N) is 3. The molecule has 1 fully saturated rings. The molecule has 1 aliphatic rings. The average molecular weight is 303 g/mol. The van der Waals surface area contributed by atoms with Crippen molar-refractivity contribution in [3.8, 4) is 0 Å². The highest BCUT2D eigenvalue weighted by molar-refractivity contribution is 5.92. The van der Waals surface area contributed by atoms with Crippen molar-refractivity contribution in [2.75, 3.05) is 6.54 Å². The molecule has 0 bridgehead atoms. The lowest BCUT2D eigenvalue weighted by atomic mass is 10.1. The van der Waals surface area contributed by atoms with Crippen LogP contribution in [0.15, 0.2) is 21.6 Å². The zero-order valence-corrected chi connectivity index (χ0v) is 12.0. The monoisotopic (exact) mass is 303 g/mol. The van der Waals surface area contributed by atoms with E-state index in [1.165, 1.54) is 12.8 Å². The number of hydrogen-bond donors (Lipinski definition) is 2. The van der Waals surface area contributed by atoms with Gasteiger partial charge in [-0.3, -0.25) is 14.3 Å². The molecule has 1 amide bonds. The zero-order valence-electron chi connectivity index (χ0n) is 12.0. The van der Waals surface area contributed by atoms with Gasteiger partial charge in [-0.25, -0.2) is 14.8 Å². The van der Waals surface area contributed by atoms with E-state index in [2.05, 4.69) is 29.9 Å². The third-order valence-electron chi connectivity index (χ3n) is 3.76. The molecule has 0 aliphatic heterocycles. The van der Waals surface area contributed by atoms with E-state index >= 15 is 0 Å². The molecule has 2 heterocycles. The molecular weight excluding hydrogens is 286 g/mol. The van der Waals surface area contributed by atoms with Crippen LogP contribution in [0.3, 0.4) is 0 Å². The van der Waals surface area contributed by atoms with Crippen LogP contribution >= 0.6 is 0 Å². The summed E-state index contributed by atoms with van der Waals surface area (Å²) >= 11 is 0. The van der Waals surface area contributed by atoms with Crippen LogP contribution < -0.4 is 11.1 Å². The van der Waals surface area contributed by atoms with Gasteiger partial charge in [-0.05, 0) is 18.9 Å². The van der Waals surface area contributed by atoms with Crippen LogP contribution in [0, 0.1) is 0 Å². The molecule has 0 spiro atoms. The average Bonchev–Trinajstić information content (AvgIpc) is 3.19. The fourth-order valence-corrected chi connectivity index (χ4v) is 2.63. The molecular formula is C14H17N5O3. The third-order valence-corrected chi connectivity index (χ3v) is 3.76. The summed E-state index contributed by atoms with van der Waals surface area (Å²) in [5, 5.41) is 6.27. The Morgan fingerprint density at radius 3 is 2.95 bits per heavy atom. The lowest BCUT2D eigenvalue weighted by molar-refractivity contribution is 0.0948. The number of carbonyl (C=O) groups is 1. The Labute approximate surface area is 126 Å². The van der Waals surface area contributed by atoms with Crippen molar-refractivity contribution in [1.29, 1.82) is 0 Å². The maximum absolute atomic E-state index is 12.1. The predicted octanol–water partition coefficient (Wildman–Crippen LogP) is 0.783. The number of carbonyl (C=O) groups excluding carboxylic acids is 1. The van der Waals surface area contributed by atoms with Crippen LogP contribution in [0.1, 0.15) is 53.7 Å². The molecule has 8 heteroatoms. The Morgan fingerprint density at radius 2 is 2.23 bits per heavy atom. The lowest BCUT2D eigenvalue weighted by Crippen LogP contribution is -2.27. The number of aromatic amines is 1. The molecule has 0 aromatic carbocycles. The van der Waals surface area contributed by atoms with Crippen molar-refractivity contribution in [1.82, 2.24) is 25.4 Å². The van der Waals surface area contributed by atoms with Crippen molar-refractivity contribution in [2.24, 2.45) is 0 Å².